The summed E-state index contributed by atoms with van der Waals surface area (Å²) in [7, 11) is 0. The van der Waals surface area contributed by atoms with Gasteiger partial charge in [0.25, 0.3) is 0 Å². The van der Waals surface area contributed by atoms with Gasteiger partial charge in [0, 0.05) is 22.3 Å². The summed E-state index contributed by atoms with van der Waals surface area (Å²) >= 11 is 0. The standard InChI is InChI=1S/C57H38N2/c58-38-43-19-16-27-46(56(43)59-53-29-14-11-24-47(53)48-25-12-15-30-54(48)59)40-33-31-39(32-34-40)42-35-36-50-52(37-42)57(44-20-6-2-7-21-44,45-22-8-3-9-23-45)51-28-13-10-26-49(51)55(50)41-17-4-1-5-18-41/h1-37,55H. The molecule has 0 fully saturated rings. The number of nitrogens with zero attached hydrogens (tertiary/aromatic N) is 2. The fourth-order valence-corrected chi connectivity index (χ4v) is 10.00. The van der Waals surface area contributed by atoms with E-state index in [1.54, 1.807) is 0 Å². The van der Waals surface area contributed by atoms with Crippen molar-refractivity contribution in [3.05, 3.63) is 269 Å². The molecule has 1 aliphatic carbocycles. The molecule has 1 aromatic heterocycles. The van der Waals surface area contributed by atoms with E-state index in [-0.39, 0.29) is 5.92 Å². The summed E-state index contributed by atoms with van der Waals surface area (Å²) in [5, 5.41) is 12.9. The van der Waals surface area contributed by atoms with Gasteiger partial charge in [-0.3, -0.25) is 0 Å². The van der Waals surface area contributed by atoms with E-state index in [0.29, 0.717) is 5.56 Å². The van der Waals surface area contributed by atoms with E-state index in [2.05, 4.69) is 223 Å². The van der Waals surface area contributed by atoms with Crippen LogP contribution in [0.4, 0.5) is 0 Å². The fraction of sp³-hybridized carbons (Fsp3) is 0.0351. The first kappa shape index (κ1) is 34.5. The van der Waals surface area contributed by atoms with E-state index < -0.39 is 5.41 Å². The van der Waals surface area contributed by atoms with Gasteiger partial charge in [-0.05, 0) is 79.9 Å². The number of nitriles is 1. The third-order valence-electron chi connectivity index (χ3n) is 12.5. The van der Waals surface area contributed by atoms with Crippen molar-refractivity contribution in [1.82, 2.24) is 4.57 Å². The van der Waals surface area contributed by atoms with Crippen molar-refractivity contribution >= 4 is 21.8 Å². The van der Waals surface area contributed by atoms with Gasteiger partial charge in [-0.2, -0.15) is 5.26 Å². The minimum Gasteiger partial charge on any atom is -0.307 e. The van der Waals surface area contributed by atoms with Crippen molar-refractivity contribution in [2.75, 3.05) is 0 Å². The highest BCUT2D eigenvalue weighted by Crippen LogP contribution is 2.56. The van der Waals surface area contributed by atoms with Gasteiger partial charge in [-0.25, -0.2) is 0 Å². The molecular weight excluding hydrogens is 713 g/mol. The Morgan fingerprint density at radius 2 is 0.949 bits per heavy atom. The quantitative estimate of drug-likeness (QED) is 0.166. The highest BCUT2D eigenvalue weighted by molar-refractivity contribution is 6.10. The first-order chi connectivity index (χ1) is 29.3. The Hall–Kier alpha value is -7.73. The molecule has 0 spiro atoms. The van der Waals surface area contributed by atoms with Gasteiger partial charge in [-0.1, -0.05) is 200 Å². The molecule has 276 valence electrons. The minimum atomic E-state index is -0.551. The summed E-state index contributed by atoms with van der Waals surface area (Å²) in [6.45, 7) is 0. The highest BCUT2D eigenvalue weighted by Gasteiger charge is 2.46. The lowest BCUT2D eigenvalue weighted by Crippen LogP contribution is -2.37. The Kier molecular flexibility index (Phi) is 8.21. The van der Waals surface area contributed by atoms with E-state index in [0.717, 1.165) is 39.0 Å². The number of hydrogen-bond donors (Lipinski definition) is 0. The summed E-state index contributed by atoms with van der Waals surface area (Å²) in [6.07, 6.45) is 0. The van der Waals surface area contributed by atoms with Crippen molar-refractivity contribution < 1.29 is 0 Å². The van der Waals surface area contributed by atoms with Crippen LogP contribution in [0.2, 0.25) is 0 Å². The topological polar surface area (TPSA) is 28.7 Å². The van der Waals surface area contributed by atoms with Crippen molar-refractivity contribution in [1.29, 1.82) is 5.26 Å². The van der Waals surface area contributed by atoms with Crippen LogP contribution in [0.3, 0.4) is 0 Å². The minimum absolute atomic E-state index is 0.0751. The monoisotopic (exact) mass is 750 g/mol. The second-order valence-corrected chi connectivity index (χ2v) is 15.5. The highest BCUT2D eigenvalue weighted by atomic mass is 15.0. The van der Waals surface area contributed by atoms with Crippen LogP contribution >= 0.6 is 0 Å². The molecule has 2 heteroatoms. The van der Waals surface area contributed by atoms with Gasteiger partial charge < -0.3 is 4.57 Å². The number of hydrogen-bond acceptors (Lipinski definition) is 1. The maximum Gasteiger partial charge on any atom is 0.101 e. The molecule has 10 aromatic rings. The molecule has 0 saturated carbocycles. The van der Waals surface area contributed by atoms with E-state index in [9.17, 15) is 5.26 Å². The third-order valence-corrected chi connectivity index (χ3v) is 12.5. The van der Waals surface area contributed by atoms with Gasteiger partial charge in [0.2, 0.25) is 0 Å². The normalized spacial score (nSPS) is 14.1. The lowest BCUT2D eigenvalue weighted by molar-refractivity contribution is 0.681. The molecule has 0 N–H and O–H groups in total. The van der Waals surface area contributed by atoms with Crippen LogP contribution in [-0.4, -0.2) is 4.57 Å². The smallest absolute Gasteiger partial charge is 0.101 e. The molecule has 0 bridgehead atoms. The van der Waals surface area contributed by atoms with E-state index >= 15 is 0 Å². The fourth-order valence-electron chi connectivity index (χ4n) is 10.00. The van der Waals surface area contributed by atoms with Crippen molar-refractivity contribution in [3.63, 3.8) is 0 Å². The average molecular weight is 751 g/mol. The number of para-hydroxylation sites is 3. The van der Waals surface area contributed by atoms with Crippen LogP contribution < -0.4 is 0 Å². The molecule has 0 aliphatic heterocycles. The van der Waals surface area contributed by atoms with Gasteiger partial charge in [0.05, 0.1) is 27.7 Å². The van der Waals surface area contributed by atoms with Crippen LogP contribution in [0, 0.1) is 11.3 Å². The molecule has 2 nitrogen and oxygen atoms in total. The molecule has 11 rings (SSSR count). The SMILES string of the molecule is N#Cc1cccc(-c2ccc(-c3ccc4c(c3)C(c3ccccc3)(c3ccccc3)c3ccccc3C4c3ccccc3)cc2)c1-n1c2ccccc2c2ccccc21. The molecule has 0 saturated heterocycles. The van der Waals surface area contributed by atoms with E-state index in [1.807, 2.05) is 12.1 Å². The van der Waals surface area contributed by atoms with Gasteiger partial charge in [0.1, 0.15) is 6.07 Å². The van der Waals surface area contributed by atoms with Crippen LogP contribution in [0.1, 0.15) is 50.4 Å². The first-order valence-corrected chi connectivity index (χ1v) is 20.3. The molecule has 0 amide bonds. The molecule has 59 heavy (non-hydrogen) atoms. The number of fused-ring (bicyclic) bond motifs is 5. The largest absolute Gasteiger partial charge is 0.307 e. The van der Waals surface area contributed by atoms with E-state index in [1.165, 1.54) is 49.7 Å². The van der Waals surface area contributed by atoms with Crippen LogP contribution in [0.15, 0.2) is 224 Å². The van der Waals surface area contributed by atoms with Crippen molar-refractivity contribution in [2.24, 2.45) is 0 Å². The zero-order valence-corrected chi connectivity index (χ0v) is 32.3. The number of aromatic nitrogens is 1. The van der Waals surface area contributed by atoms with Crippen LogP contribution in [0.5, 0.6) is 0 Å². The Morgan fingerprint density at radius 1 is 0.424 bits per heavy atom. The lowest BCUT2D eigenvalue weighted by Gasteiger charge is -2.45. The van der Waals surface area contributed by atoms with Crippen LogP contribution in [-0.2, 0) is 5.41 Å². The van der Waals surface area contributed by atoms with Crippen LogP contribution in [0.25, 0.3) is 49.7 Å². The molecule has 1 atom stereocenters. The van der Waals surface area contributed by atoms with Gasteiger partial charge >= 0.3 is 0 Å². The summed E-state index contributed by atoms with van der Waals surface area (Å²) in [5.41, 5.74) is 16.5. The van der Waals surface area contributed by atoms with Crippen molar-refractivity contribution in [3.8, 4) is 34.0 Å². The Labute approximate surface area is 344 Å². The average Bonchev–Trinajstić information content (AvgIpc) is 3.65. The molecule has 1 unspecified atom stereocenters. The lowest BCUT2D eigenvalue weighted by atomic mass is 9.56. The number of benzene rings is 9. The Balaban J connectivity index is 1.11. The van der Waals surface area contributed by atoms with E-state index in [4.69, 9.17) is 0 Å². The zero-order valence-electron chi connectivity index (χ0n) is 32.3. The predicted molar refractivity (Wildman–Crippen MR) is 242 cm³/mol. The Bertz CT molecular complexity index is 3110. The van der Waals surface area contributed by atoms with Crippen molar-refractivity contribution in [2.45, 2.75) is 11.3 Å². The molecule has 0 radical (unpaired) electrons. The summed E-state index contributed by atoms with van der Waals surface area (Å²) < 4.78 is 2.27. The Morgan fingerprint density at radius 3 is 1.59 bits per heavy atom. The second kappa shape index (κ2) is 14.0. The maximum absolute atomic E-state index is 10.5. The van der Waals surface area contributed by atoms with Gasteiger partial charge in [0.15, 0.2) is 0 Å². The maximum atomic E-state index is 10.5. The number of rotatable bonds is 6. The first-order valence-electron chi connectivity index (χ1n) is 20.3. The molecule has 9 aromatic carbocycles. The summed E-state index contributed by atoms with van der Waals surface area (Å²) in [5.74, 6) is 0.0751. The summed E-state index contributed by atoms with van der Waals surface area (Å²) in [4.78, 5) is 0. The zero-order chi connectivity index (χ0) is 39.3. The molecular formula is C57H38N2. The summed E-state index contributed by atoms with van der Waals surface area (Å²) in [6, 6.07) is 83.7. The molecule has 1 heterocycles. The molecule has 1 aliphatic rings. The predicted octanol–water partition coefficient (Wildman–Crippen LogP) is 13.9. The van der Waals surface area contributed by atoms with Gasteiger partial charge in [-0.15, -0.1) is 0 Å². The third kappa shape index (κ3) is 5.33. The second-order valence-electron chi connectivity index (χ2n) is 15.5.